The molecule has 8 heteroatoms. The fraction of sp³-hybridized carbons (Fsp3) is 0.292. The Morgan fingerprint density at radius 3 is 2.69 bits per heavy atom. The van der Waals surface area contributed by atoms with Gasteiger partial charge in [-0.2, -0.15) is 0 Å². The van der Waals surface area contributed by atoms with Crippen LogP contribution in [-0.2, 0) is 14.3 Å². The van der Waals surface area contributed by atoms with E-state index in [1.165, 1.54) is 0 Å². The molecule has 0 aliphatic carbocycles. The minimum absolute atomic E-state index is 0.0349. The van der Waals surface area contributed by atoms with Crippen molar-refractivity contribution in [3.05, 3.63) is 64.6 Å². The molecule has 0 atom stereocenters. The lowest BCUT2D eigenvalue weighted by molar-refractivity contribution is -0.123. The molecule has 166 valence electrons. The van der Waals surface area contributed by atoms with Gasteiger partial charge in [-0.15, -0.1) is 0 Å². The number of nitrogens with zero attached hydrogens (tertiary/aromatic N) is 2. The molecule has 2 fully saturated rings. The van der Waals surface area contributed by atoms with Crippen LogP contribution in [0.3, 0.4) is 0 Å². The van der Waals surface area contributed by atoms with Crippen molar-refractivity contribution in [1.82, 2.24) is 4.90 Å². The summed E-state index contributed by atoms with van der Waals surface area (Å²) in [5.74, 6) is -0.601. The van der Waals surface area contributed by atoms with Crippen LogP contribution in [0.25, 0.3) is 6.08 Å². The maximum absolute atomic E-state index is 12.7. The quantitative estimate of drug-likeness (QED) is 0.671. The van der Waals surface area contributed by atoms with Crippen LogP contribution in [0.4, 0.5) is 16.2 Å². The highest BCUT2D eigenvalue weighted by atomic mass is 32.2. The highest BCUT2D eigenvalue weighted by molar-refractivity contribution is 8.18. The maximum Gasteiger partial charge on any atom is 0.293 e. The van der Waals surface area contributed by atoms with Gasteiger partial charge in [0.2, 0.25) is 5.91 Å². The van der Waals surface area contributed by atoms with Gasteiger partial charge in [0, 0.05) is 26.1 Å². The summed E-state index contributed by atoms with van der Waals surface area (Å²) in [6.07, 6.45) is 1.75. The van der Waals surface area contributed by atoms with Crippen LogP contribution in [0.5, 0.6) is 0 Å². The van der Waals surface area contributed by atoms with Crippen LogP contribution in [-0.4, -0.2) is 54.8 Å². The smallest absolute Gasteiger partial charge is 0.293 e. The van der Waals surface area contributed by atoms with Gasteiger partial charge < -0.3 is 15.0 Å². The van der Waals surface area contributed by atoms with Crippen LogP contribution in [0, 0.1) is 6.92 Å². The van der Waals surface area contributed by atoms with E-state index in [1.54, 1.807) is 6.08 Å². The number of nitrogens with one attached hydrogen (secondary N) is 1. The number of hydrogen-bond donors (Lipinski definition) is 1. The molecule has 2 aromatic carbocycles. The Hall–Kier alpha value is -3.10. The number of amides is 3. The number of para-hydroxylation sites is 2. The summed E-state index contributed by atoms with van der Waals surface area (Å²) >= 11 is 0.908. The Morgan fingerprint density at radius 1 is 1.12 bits per heavy atom. The van der Waals surface area contributed by atoms with E-state index in [9.17, 15) is 14.4 Å². The lowest BCUT2D eigenvalue weighted by Gasteiger charge is -2.30. The summed E-state index contributed by atoms with van der Waals surface area (Å²) in [6.45, 7) is 4.84. The van der Waals surface area contributed by atoms with Crippen molar-refractivity contribution >= 4 is 46.3 Å². The first-order chi connectivity index (χ1) is 15.5. The van der Waals surface area contributed by atoms with Gasteiger partial charge in [-0.3, -0.25) is 19.3 Å². The largest absolute Gasteiger partial charge is 0.378 e. The van der Waals surface area contributed by atoms with Crippen LogP contribution < -0.4 is 10.2 Å². The number of hydrogen-bond acceptors (Lipinski definition) is 6. The molecule has 1 N–H and O–H groups in total. The highest BCUT2D eigenvalue weighted by Gasteiger charge is 2.35. The molecule has 0 aromatic heterocycles. The summed E-state index contributed by atoms with van der Waals surface area (Å²) in [7, 11) is 0. The molecule has 0 saturated carbocycles. The Balaban J connectivity index is 1.37. The third-order valence-corrected chi connectivity index (χ3v) is 6.21. The number of aryl methyl sites for hydroxylation is 1. The van der Waals surface area contributed by atoms with Crippen molar-refractivity contribution in [2.75, 3.05) is 43.1 Å². The second-order valence-electron chi connectivity index (χ2n) is 7.66. The van der Waals surface area contributed by atoms with E-state index in [2.05, 4.69) is 10.2 Å². The van der Waals surface area contributed by atoms with Gasteiger partial charge in [-0.1, -0.05) is 42.0 Å². The first kappa shape index (κ1) is 22.1. The van der Waals surface area contributed by atoms with Gasteiger partial charge in [0.25, 0.3) is 11.1 Å². The van der Waals surface area contributed by atoms with Gasteiger partial charge >= 0.3 is 0 Å². The minimum Gasteiger partial charge on any atom is -0.378 e. The monoisotopic (exact) mass is 451 g/mol. The first-order valence-corrected chi connectivity index (χ1v) is 11.4. The number of carbonyl (C=O) groups excluding carboxylic acids is 3. The van der Waals surface area contributed by atoms with Crippen LogP contribution in [0.1, 0.15) is 17.5 Å². The van der Waals surface area contributed by atoms with Gasteiger partial charge in [0.05, 0.1) is 29.5 Å². The number of thioether (sulfide) groups is 1. The zero-order valence-corrected chi connectivity index (χ0v) is 18.7. The third kappa shape index (κ3) is 5.20. The first-order valence-electron chi connectivity index (χ1n) is 10.5. The normalized spacial score (nSPS) is 17.8. The lowest BCUT2D eigenvalue weighted by Crippen LogP contribution is -2.37. The van der Waals surface area contributed by atoms with Crippen molar-refractivity contribution in [2.24, 2.45) is 0 Å². The maximum atomic E-state index is 12.7. The molecule has 7 nitrogen and oxygen atoms in total. The molecular formula is C24H25N3O4S. The standard InChI is InChI=1S/C24H25N3O4S/c1-17-5-4-6-18(15-17)16-21-23(29)27(24(30)32-21)10-9-22(28)25-19-7-2-3-8-20(19)26-11-13-31-14-12-26/h2-8,15-16H,9-14H2,1H3,(H,25,28)/b21-16-. The number of benzene rings is 2. The number of rotatable bonds is 6. The number of morpholine rings is 1. The van der Waals surface area contributed by atoms with E-state index in [4.69, 9.17) is 4.74 Å². The topological polar surface area (TPSA) is 79.0 Å². The lowest BCUT2D eigenvalue weighted by atomic mass is 10.1. The average Bonchev–Trinajstić information content (AvgIpc) is 3.05. The average molecular weight is 452 g/mol. The summed E-state index contributed by atoms with van der Waals surface area (Å²) in [4.78, 5) is 41.4. The summed E-state index contributed by atoms with van der Waals surface area (Å²) in [5.41, 5.74) is 3.60. The van der Waals surface area contributed by atoms with E-state index >= 15 is 0 Å². The molecule has 2 aromatic rings. The van der Waals surface area contributed by atoms with E-state index < -0.39 is 0 Å². The molecule has 2 heterocycles. The molecule has 0 spiro atoms. The Bertz CT molecular complexity index is 1060. The van der Waals surface area contributed by atoms with E-state index in [0.717, 1.165) is 46.6 Å². The fourth-order valence-corrected chi connectivity index (χ4v) is 4.55. The van der Waals surface area contributed by atoms with E-state index in [-0.39, 0.29) is 30.0 Å². The molecular weight excluding hydrogens is 426 g/mol. The van der Waals surface area contributed by atoms with Crippen molar-refractivity contribution in [1.29, 1.82) is 0 Å². The van der Waals surface area contributed by atoms with Crippen LogP contribution in [0.2, 0.25) is 0 Å². The van der Waals surface area contributed by atoms with Crippen molar-refractivity contribution in [3.8, 4) is 0 Å². The molecule has 0 unspecified atom stereocenters. The fourth-order valence-electron chi connectivity index (χ4n) is 3.69. The molecule has 4 rings (SSSR count). The van der Waals surface area contributed by atoms with Crippen molar-refractivity contribution in [3.63, 3.8) is 0 Å². The van der Waals surface area contributed by atoms with Gasteiger partial charge in [-0.05, 0) is 42.5 Å². The Kier molecular flexibility index (Phi) is 6.92. The van der Waals surface area contributed by atoms with Gasteiger partial charge in [0.15, 0.2) is 0 Å². The second kappa shape index (κ2) is 10.0. The zero-order valence-electron chi connectivity index (χ0n) is 17.9. The van der Waals surface area contributed by atoms with Crippen molar-refractivity contribution in [2.45, 2.75) is 13.3 Å². The zero-order chi connectivity index (χ0) is 22.5. The third-order valence-electron chi connectivity index (χ3n) is 5.31. The molecule has 2 saturated heterocycles. The second-order valence-corrected chi connectivity index (χ2v) is 8.66. The number of ether oxygens (including phenoxy) is 1. The highest BCUT2D eigenvalue weighted by Crippen LogP contribution is 2.32. The molecule has 0 bridgehead atoms. The summed E-state index contributed by atoms with van der Waals surface area (Å²) < 4.78 is 5.40. The minimum atomic E-state index is -0.358. The number of imide groups is 1. The van der Waals surface area contributed by atoms with Crippen molar-refractivity contribution < 1.29 is 19.1 Å². The summed E-state index contributed by atoms with van der Waals surface area (Å²) in [6, 6.07) is 15.3. The number of carbonyl (C=O) groups is 3. The molecule has 32 heavy (non-hydrogen) atoms. The van der Waals surface area contributed by atoms with Gasteiger partial charge in [-0.25, -0.2) is 0 Å². The molecule has 2 aliphatic heterocycles. The van der Waals surface area contributed by atoms with Gasteiger partial charge in [0.1, 0.15) is 0 Å². The predicted octanol–water partition coefficient (Wildman–Crippen LogP) is 3.90. The molecule has 3 amide bonds. The molecule has 0 radical (unpaired) electrons. The SMILES string of the molecule is Cc1cccc(/C=C2\SC(=O)N(CCC(=O)Nc3ccccc3N3CCOCC3)C2=O)c1. The Morgan fingerprint density at radius 2 is 1.91 bits per heavy atom. The Labute approximate surface area is 191 Å². The summed E-state index contributed by atoms with van der Waals surface area (Å²) in [5, 5.41) is 2.58. The predicted molar refractivity (Wildman–Crippen MR) is 127 cm³/mol. The van der Waals surface area contributed by atoms with E-state index in [1.807, 2.05) is 55.5 Å². The molecule has 2 aliphatic rings. The number of anilines is 2. The van der Waals surface area contributed by atoms with Crippen LogP contribution in [0.15, 0.2) is 53.4 Å². The van der Waals surface area contributed by atoms with E-state index in [0.29, 0.717) is 23.8 Å². The van der Waals surface area contributed by atoms with Crippen LogP contribution >= 0.6 is 11.8 Å².